The van der Waals surface area contributed by atoms with E-state index in [2.05, 4.69) is 41.6 Å². The van der Waals surface area contributed by atoms with Gasteiger partial charge >= 0.3 is 0 Å². The van der Waals surface area contributed by atoms with E-state index >= 15 is 0 Å². The van der Waals surface area contributed by atoms with E-state index in [9.17, 15) is 0 Å². The van der Waals surface area contributed by atoms with Crippen LogP contribution in [0.5, 0.6) is 0 Å². The fourth-order valence-corrected chi connectivity index (χ4v) is 4.96. The molecule has 1 saturated carbocycles. The largest absolute Gasteiger partial charge is 0.372 e. The van der Waals surface area contributed by atoms with Gasteiger partial charge in [-0.1, -0.05) is 26.7 Å². The third-order valence-corrected chi connectivity index (χ3v) is 6.47. The Bertz CT molecular complexity index is 618. The molecule has 0 radical (unpaired) electrons. The summed E-state index contributed by atoms with van der Waals surface area (Å²) in [6, 6.07) is 2.86. The van der Waals surface area contributed by atoms with Crippen LogP contribution in [0.4, 0.5) is 5.82 Å². The summed E-state index contributed by atoms with van der Waals surface area (Å²) < 4.78 is 6.22. The van der Waals surface area contributed by atoms with Crippen molar-refractivity contribution in [3.05, 3.63) is 17.6 Å². The molecule has 3 fully saturated rings. The van der Waals surface area contributed by atoms with Crippen molar-refractivity contribution in [3.63, 3.8) is 0 Å². The summed E-state index contributed by atoms with van der Waals surface area (Å²) in [6.07, 6.45) is 7.68. The van der Waals surface area contributed by atoms with Crippen LogP contribution in [0, 0.1) is 6.92 Å². The second-order valence-electron chi connectivity index (χ2n) is 8.81. The zero-order valence-electron chi connectivity index (χ0n) is 16.7. The van der Waals surface area contributed by atoms with E-state index in [1.54, 1.807) is 0 Å². The average Bonchev–Trinajstić information content (AvgIpc) is 3.09. The topological polar surface area (TPSA) is 41.5 Å². The highest BCUT2D eigenvalue weighted by molar-refractivity contribution is 5.40. The van der Waals surface area contributed by atoms with E-state index in [1.165, 1.54) is 38.5 Å². The van der Waals surface area contributed by atoms with E-state index in [4.69, 9.17) is 9.72 Å². The van der Waals surface area contributed by atoms with Crippen LogP contribution in [0.3, 0.4) is 0 Å². The molecule has 2 saturated heterocycles. The third-order valence-electron chi connectivity index (χ3n) is 6.47. The standard InChI is InChI=1S/C21H34N4O/c1-16(2)20-22-17(3)14-19(23-20)24-10-6-18(7-11-24)25-12-13-26-21(15-25)8-4-5-9-21/h14,16,18H,4-13,15H2,1-3H3. The van der Waals surface area contributed by atoms with Gasteiger partial charge in [-0.2, -0.15) is 0 Å². The molecule has 144 valence electrons. The van der Waals surface area contributed by atoms with Gasteiger partial charge in [0.05, 0.1) is 12.2 Å². The van der Waals surface area contributed by atoms with Crippen LogP contribution >= 0.6 is 0 Å². The highest BCUT2D eigenvalue weighted by Gasteiger charge is 2.41. The lowest BCUT2D eigenvalue weighted by atomic mass is 9.95. The summed E-state index contributed by atoms with van der Waals surface area (Å²) in [6.45, 7) is 11.8. The molecule has 0 bridgehead atoms. The molecule has 1 aliphatic carbocycles. The minimum Gasteiger partial charge on any atom is -0.372 e. The lowest BCUT2D eigenvalue weighted by molar-refractivity contribution is -0.116. The van der Waals surface area contributed by atoms with E-state index in [0.717, 1.165) is 50.1 Å². The Kier molecular flexibility index (Phi) is 5.20. The summed E-state index contributed by atoms with van der Waals surface area (Å²) in [5.74, 6) is 2.47. The number of hydrogen-bond acceptors (Lipinski definition) is 5. The summed E-state index contributed by atoms with van der Waals surface area (Å²) in [4.78, 5) is 14.6. The molecule has 3 aliphatic rings. The van der Waals surface area contributed by atoms with E-state index in [0.29, 0.717) is 12.0 Å². The maximum Gasteiger partial charge on any atom is 0.133 e. The van der Waals surface area contributed by atoms with Crippen molar-refractivity contribution in [2.75, 3.05) is 37.7 Å². The van der Waals surface area contributed by atoms with Crippen LogP contribution < -0.4 is 4.90 Å². The van der Waals surface area contributed by atoms with Crippen LogP contribution in [0.15, 0.2) is 6.07 Å². The maximum absolute atomic E-state index is 6.22. The molecule has 5 nitrogen and oxygen atoms in total. The van der Waals surface area contributed by atoms with Crippen molar-refractivity contribution in [2.45, 2.75) is 76.9 Å². The maximum atomic E-state index is 6.22. The minimum absolute atomic E-state index is 0.186. The molecule has 1 spiro atoms. The van der Waals surface area contributed by atoms with Crippen LogP contribution in [0.2, 0.25) is 0 Å². The molecule has 0 amide bonds. The van der Waals surface area contributed by atoms with Gasteiger partial charge in [-0.05, 0) is 32.6 Å². The second kappa shape index (κ2) is 7.43. The average molecular weight is 359 g/mol. The van der Waals surface area contributed by atoms with Crippen LogP contribution in [-0.2, 0) is 4.74 Å². The summed E-state index contributed by atoms with van der Waals surface area (Å²) in [7, 11) is 0. The molecule has 0 atom stereocenters. The third kappa shape index (κ3) is 3.74. The molecule has 0 N–H and O–H groups in total. The number of piperidine rings is 1. The number of ether oxygens (including phenoxy) is 1. The number of rotatable bonds is 3. The second-order valence-corrected chi connectivity index (χ2v) is 8.81. The fraction of sp³-hybridized carbons (Fsp3) is 0.810. The van der Waals surface area contributed by atoms with Crippen LogP contribution in [-0.4, -0.2) is 59.3 Å². The highest BCUT2D eigenvalue weighted by Crippen LogP contribution is 2.37. The number of nitrogens with zero attached hydrogens (tertiary/aromatic N) is 4. The van der Waals surface area contributed by atoms with Crippen LogP contribution in [0.25, 0.3) is 0 Å². The lowest BCUT2D eigenvalue weighted by Crippen LogP contribution is -2.56. The van der Waals surface area contributed by atoms with Gasteiger partial charge < -0.3 is 9.64 Å². The highest BCUT2D eigenvalue weighted by atomic mass is 16.5. The Morgan fingerprint density at radius 1 is 1.12 bits per heavy atom. The van der Waals surface area contributed by atoms with Gasteiger partial charge in [-0.3, -0.25) is 4.90 Å². The molecular formula is C21H34N4O. The molecule has 26 heavy (non-hydrogen) atoms. The number of morpholine rings is 1. The molecule has 4 rings (SSSR count). The Labute approximate surface area is 158 Å². The number of aromatic nitrogens is 2. The molecule has 0 aromatic carbocycles. The molecule has 1 aromatic rings. The van der Waals surface area contributed by atoms with Crippen molar-refractivity contribution in [1.29, 1.82) is 0 Å². The van der Waals surface area contributed by atoms with Gasteiger partial charge in [0.25, 0.3) is 0 Å². The van der Waals surface area contributed by atoms with Gasteiger partial charge in [0.2, 0.25) is 0 Å². The summed E-state index contributed by atoms with van der Waals surface area (Å²) in [5.41, 5.74) is 1.27. The first-order valence-corrected chi connectivity index (χ1v) is 10.5. The normalized spacial score (nSPS) is 24.7. The quantitative estimate of drug-likeness (QED) is 0.827. The van der Waals surface area contributed by atoms with E-state index in [-0.39, 0.29) is 5.60 Å². The molecule has 3 heterocycles. The summed E-state index contributed by atoms with van der Waals surface area (Å²) in [5, 5.41) is 0. The van der Waals surface area contributed by atoms with E-state index < -0.39 is 0 Å². The van der Waals surface area contributed by atoms with Crippen molar-refractivity contribution < 1.29 is 4.74 Å². The zero-order chi connectivity index (χ0) is 18.1. The van der Waals surface area contributed by atoms with Gasteiger partial charge in [0, 0.05) is 49.9 Å². The van der Waals surface area contributed by atoms with Gasteiger partial charge in [0.15, 0.2) is 0 Å². The van der Waals surface area contributed by atoms with Gasteiger partial charge in [-0.15, -0.1) is 0 Å². The van der Waals surface area contributed by atoms with Crippen molar-refractivity contribution in [2.24, 2.45) is 0 Å². The fourth-order valence-electron chi connectivity index (χ4n) is 4.96. The molecule has 5 heteroatoms. The SMILES string of the molecule is Cc1cc(N2CCC(N3CCOC4(CCCC4)C3)CC2)nc(C(C)C)n1. The molecule has 2 aliphatic heterocycles. The number of aryl methyl sites for hydroxylation is 1. The molecule has 1 aromatic heterocycles. The van der Waals surface area contributed by atoms with Crippen molar-refractivity contribution >= 4 is 5.82 Å². The zero-order valence-corrected chi connectivity index (χ0v) is 16.7. The van der Waals surface area contributed by atoms with Crippen molar-refractivity contribution in [3.8, 4) is 0 Å². The molecule has 0 unspecified atom stereocenters. The Morgan fingerprint density at radius 3 is 2.54 bits per heavy atom. The minimum atomic E-state index is 0.186. The van der Waals surface area contributed by atoms with Gasteiger partial charge in [-0.25, -0.2) is 9.97 Å². The van der Waals surface area contributed by atoms with E-state index in [1.807, 2.05) is 0 Å². The van der Waals surface area contributed by atoms with Crippen LogP contribution in [0.1, 0.15) is 69.8 Å². The number of hydrogen-bond donors (Lipinski definition) is 0. The Morgan fingerprint density at radius 2 is 1.85 bits per heavy atom. The monoisotopic (exact) mass is 358 g/mol. The number of anilines is 1. The lowest BCUT2D eigenvalue weighted by Gasteiger charge is -2.46. The first kappa shape index (κ1) is 18.2. The Balaban J connectivity index is 1.38. The summed E-state index contributed by atoms with van der Waals surface area (Å²) >= 11 is 0. The Hall–Kier alpha value is -1.20. The predicted molar refractivity (Wildman–Crippen MR) is 105 cm³/mol. The first-order chi connectivity index (χ1) is 12.5. The first-order valence-electron chi connectivity index (χ1n) is 10.5. The van der Waals surface area contributed by atoms with Crippen molar-refractivity contribution in [1.82, 2.24) is 14.9 Å². The molecular weight excluding hydrogens is 324 g/mol. The van der Waals surface area contributed by atoms with Gasteiger partial charge in [0.1, 0.15) is 11.6 Å². The predicted octanol–water partition coefficient (Wildman–Crippen LogP) is 3.52. The smallest absolute Gasteiger partial charge is 0.133 e.